The number of hydrogen-bond donors (Lipinski definition) is 1. The Morgan fingerprint density at radius 2 is 1.96 bits per heavy atom. The normalized spacial score (nSPS) is 11.1. The molecule has 0 aliphatic rings. The first-order chi connectivity index (χ1) is 13.4. The molecule has 28 heavy (non-hydrogen) atoms. The van der Waals surface area contributed by atoms with E-state index in [1.165, 1.54) is 19.2 Å². The summed E-state index contributed by atoms with van der Waals surface area (Å²) in [6.45, 7) is -1.17. The minimum absolute atomic E-state index is 0.103. The first kappa shape index (κ1) is 19.9. The summed E-state index contributed by atoms with van der Waals surface area (Å²) < 4.78 is 38.3. The molecule has 0 bridgehead atoms. The molecule has 3 aromatic rings. The number of nitrogens with zero attached hydrogens (tertiary/aromatic N) is 4. The minimum Gasteiger partial charge on any atom is -0.488 e. The number of rotatable bonds is 7. The van der Waals surface area contributed by atoms with Crippen LogP contribution in [0.25, 0.3) is 5.69 Å². The lowest BCUT2D eigenvalue weighted by Crippen LogP contribution is -2.23. The maximum Gasteiger partial charge on any atom is 0.387 e. The molecule has 0 saturated heterocycles. The molecule has 2 aromatic carbocycles. The maximum atomic E-state index is 12.9. The molecule has 0 unspecified atom stereocenters. The van der Waals surface area contributed by atoms with Crippen molar-refractivity contribution in [1.82, 2.24) is 19.8 Å². The van der Waals surface area contributed by atoms with Crippen molar-refractivity contribution in [1.29, 1.82) is 0 Å². The van der Waals surface area contributed by atoms with Crippen LogP contribution in [0.3, 0.4) is 0 Å². The largest absolute Gasteiger partial charge is 0.488 e. The lowest BCUT2D eigenvalue weighted by molar-refractivity contribution is -0.0508. The van der Waals surface area contributed by atoms with Gasteiger partial charge in [0.25, 0.3) is 0 Å². The molecule has 10 heteroatoms. The van der Waals surface area contributed by atoms with Crippen LogP contribution in [-0.4, -0.2) is 26.4 Å². The van der Waals surface area contributed by atoms with Gasteiger partial charge in [0, 0.05) is 11.9 Å². The van der Waals surface area contributed by atoms with Crippen molar-refractivity contribution < 1.29 is 18.3 Å². The standard InChI is InChI=1S/C18H18F2N4O3S/c1-3-11-9-12(28)7-8-15(11)26-10-13-14(24-18(25)23(2)21-22-24)5-4-6-16(13)27-17(19)20/h4-9,17,28H,3,10H2,1-2H3. The first-order valence-electron chi connectivity index (χ1n) is 8.41. The molecule has 7 nitrogen and oxygen atoms in total. The van der Waals surface area contributed by atoms with Crippen molar-refractivity contribution in [3.8, 4) is 17.2 Å². The molecule has 3 rings (SSSR count). The summed E-state index contributed by atoms with van der Waals surface area (Å²) in [4.78, 5) is 13.0. The van der Waals surface area contributed by atoms with Gasteiger partial charge in [-0.05, 0) is 52.7 Å². The van der Waals surface area contributed by atoms with E-state index < -0.39 is 12.3 Å². The third kappa shape index (κ3) is 4.16. The second-order valence-electron chi connectivity index (χ2n) is 5.86. The van der Waals surface area contributed by atoms with E-state index in [-0.39, 0.29) is 23.6 Å². The van der Waals surface area contributed by atoms with E-state index in [1.807, 2.05) is 13.0 Å². The highest BCUT2D eigenvalue weighted by Gasteiger charge is 2.19. The van der Waals surface area contributed by atoms with Gasteiger partial charge in [-0.15, -0.1) is 12.6 Å². The Bertz CT molecular complexity index is 1040. The van der Waals surface area contributed by atoms with Gasteiger partial charge >= 0.3 is 12.3 Å². The Balaban J connectivity index is 2.02. The molecule has 0 spiro atoms. The number of tetrazole rings is 1. The van der Waals surface area contributed by atoms with Crippen molar-refractivity contribution in [3.05, 3.63) is 58.0 Å². The molecule has 0 fully saturated rings. The molecule has 0 atom stereocenters. The molecule has 0 aliphatic heterocycles. The van der Waals surface area contributed by atoms with E-state index in [1.54, 1.807) is 18.2 Å². The lowest BCUT2D eigenvalue weighted by atomic mass is 10.1. The maximum absolute atomic E-state index is 12.9. The van der Waals surface area contributed by atoms with Crippen LogP contribution in [0.1, 0.15) is 18.1 Å². The zero-order valence-electron chi connectivity index (χ0n) is 15.2. The molecule has 0 amide bonds. The number of benzene rings is 2. The van der Waals surface area contributed by atoms with Gasteiger partial charge in [0.05, 0.1) is 11.3 Å². The van der Waals surface area contributed by atoms with Crippen LogP contribution < -0.4 is 15.2 Å². The molecular formula is C18H18F2N4O3S. The van der Waals surface area contributed by atoms with E-state index in [2.05, 4.69) is 27.8 Å². The predicted octanol–water partition coefficient (Wildman–Crippen LogP) is 3.00. The van der Waals surface area contributed by atoms with Crippen molar-refractivity contribution in [2.24, 2.45) is 7.05 Å². The fourth-order valence-electron chi connectivity index (χ4n) is 2.70. The molecule has 0 radical (unpaired) electrons. The summed E-state index contributed by atoms with van der Waals surface area (Å²) in [5.74, 6) is 0.485. The average molecular weight is 408 g/mol. The number of alkyl halides is 2. The van der Waals surface area contributed by atoms with Crippen molar-refractivity contribution in [2.75, 3.05) is 0 Å². The van der Waals surface area contributed by atoms with Crippen LogP contribution >= 0.6 is 12.6 Å². The highest BCUT2D eigenvalue weighted by molar-refractivity contribution is 7.80. The van der Waals surface area contributed by atoms with Gasteiger partial charge < -0.3 is 9.47 Å². The zero-order valence-corrected chi connectivity index (χ0v) is 16.1. The van der Waals surface area contributed by atoms with Gasteiger partial charge in [-0.1, -0.05) is 13.0 Å². The van der Waals surface area contributed by atoms with Crippen LogP contribution in [0.5, 0.6) is 11.5 Å². The second kappa shape index (κ2) is 8.42. The van der Waals surface area contributed by atoms with E-state index in [0.29, 0.717) is 12.2 Å². The zero-order chi connectivity index (χ0) is 20.3. The molecular weight excluding hydrogens is 390 g/mol. The van der Waals surface area contributed by atoms with Gasteiger partial charge in [-0.3, -0.25) is 0 Å². The Morgan fingerprint density at radius 1 is 1.18 bits per heavy atom. The number of aromatic nitrogens is 4. The topological polar surface area (TPSA) is 71.2 Å². The third-order valence-electron chi connectivity index (χ3n) is 4.07. The number of aryl methyl sites for hydroxylation is 2. The quantitative estimate of drug-likeness (QED) is 0.609. The SMILES string of the molecule is CCc1cc(S)ccc1OCc1c(OC(F)F)cccc1-n1nnn(C)c1=O. The van der Waals surface area contributed by atoms with Gasteiger partial charge in [-0.2, -0.15) is 18.1 Å². The highest BCUT2D eigenvalue weighted by Crippen LogP contribution is 2.29. The van der Waals surface area contributed by atoms with Gasteiger partial charge in [0.1, 0.15) is 18.1 Å². The summed E-state index contributed by atoms with van der Waals surface area (Å²) in [7, 11) is 1.44. The highest BCUT2D eigenvalue weighted by atomic mass is 32.1. The molecule has 0 aliphatic carbocycles. The Morgan fingerprint density at radius 3 is 2.61 bits per heavy atom. The van der Waals surface area contributed by atoms with E-state index in [9.17, 15) is 13.6 Å². The smallest absolute Gasteiger partial charge is 0.387 e. The van der Waals surface area contributed by atoms with E-state index in [0.717, 1.165) is 19.8 Å². The Kier molecular flexibility index (Phi) is 5.98. The Hall–Kier alpha value is -2.88. The number of halogens is 2. The van der Waals surface area contributed by atoms with E-state index >= 15 is 0 Å². The summed E-state index contributed by atoms with van der Waals surface area (Å²) >= 11 is 4.31. The van der Waals surface area contributed by atoms with E-state index in [4.69, 9.17) is 4.74 Å². The number of ether oxygens (including phenoxy) is 2. The summed E-state index contributed by atoms with van der Waals surface area (Å²) in [5.41, 5.74) is 0.893. The van der Waals surface area contributed by atoms with Crippen LogP contribution in [0, 0.1) is 0 Å². The summed E-state index contributed by atoms with van der Waals surface area (Å²) in [6, 6.07) is 9.83. The van der Waals surface area contributed by atoms with Gasteiger partial charge in [0.2, 0.25) is 0 Å². The number of thiol groups is 1. The fraction of sp³-hybridized carbons (Fsp3) is 0.278. The van der Waals surface area contributed by atoms with Crippen molar-refractivity contribution in [2.45, 2.75) is 31.5 Å². The second-order valence-corrected chi connectivity index (χ2v) is 6.38. The van der Waals surface area contributed by atoms with Gasteiger partial charge in [-0.25, -0.2) is 4.79 Å². The van der Waals surface area contributed by atoms with Crippen molar-refractivity contribution >= 4 is 12.6 Å². The summed E-state index contributed by atoms with van der Waals surface area (Å²) in [6.07, 6.45) is 0.704. The predicted molar refractivity (Wildman–Crippen MR) is 101 cm³/mol. The molecule has 1 heterocycles. The monoisotopic (exact) mass is 408 g/mol. The molecule has 0 saturated carbocycles. The minimum atomic E-state index is -3.03. The average Bonchev–Trinajstić information content (AvgIpc) is 2.99. The van der Waals surface area contributed by atoms with Crippen LogP contribution in [0.2, 0.25) is 0 Å². The fourth-order valence-corrected chi connectivity index (χ4v) is 2.93. The van der Waals surface area contributed by atoms with Crippen LogP contribution in [-0.2, 0) is 20.1 Å². The van der Waals surface area contributed by atoms with Crippen LogP contribution in [0.15, 0.2) is 46.1 Å². The third-order valence-corrected chi connectivity index (χ3v) is 4.35. The molecule has 1 aromatic heterocycles. The van der Waals surface area contributed by atoms with Crippen LogP contribution in [0.4, 0.5) is 8.78 Å². The Labute approximate surface area is 164 Å². The summed E-state index contributed by atoms with van der Waals surface area (Å²) in [5, 5.41) is 7.43. The molecule has 148 valence electrons. The first-order valence-corrected chi connectivity index (χ1v) is 8.86. The van der Waals surface area contributed by atoms with Crippen molar-refractivity contribution in [3.63, 3.8) is 0 Å². The lowest BCUT2D eigenvalue weighted by Gasteiger charge is -2.16. The number of hydrogen-bond acceptors (Lipinski definition) is 6. The van der Waals surface area contributed by atoms with Gasteiger partial charge in [0.15, 0.2) is 0 Å². The molecule has 0 N–H and O–H groups in total.